The number of fused-ring (bicyclic) bond motifs is 2. The van der Waals surface area contributed by atoms with Crippen LogP contribution in [-0.2, 0) is 48.9 Å². The molecule has 0 bridgehead atoms. The summed E-state index contributed by atoms with van der Waals surface area (Å²) < 4.78 is 110. The summed E-state index contributed by atoms with van der Waals surface area (Å²) in [4.78, 5) is 81.1. The van der Waals surface area contributed by atoms with Gasteiger partial charge in [0.1, 0.15) is 24.8 Å². The number of benzene rings is 6. The highest BCUT2D eigenvalue weighted by atomic mass is 19.4. The first-order chi connectivity index (χ1) is 47.3. The Labute approximate surface area is 574 Å². The maximum Gasteiger partial charge on any atom is 0.416 e. The van der Waals surface area contributed by atoms with Crippen LogP contribution in [-0.4, -0.2) is 190 Å². The van der Waals surface area contributed by atoms with Gasteiger partial charge < -0.3 is 48.9 Å². The van der Waals surface area contributed by atoms with Crippen LogP contribution in [0.2, 0.25) is 0 Å². The van der Waals surface area contributed by atoms with Gasteiger partial charge in [0, 0.05) is 121 Å². The highest BCUT2D eigenvalue weighted by molar-refractivity contribution is 5.96. The third-order valence-corrected chi connectivity index (χ3v) is 20.5. The Morgan fingerprint density at radius 1 is 0.626 bits per heavy atom. The standard InChI is InChI=1S/C76H89F7N8O8/c1-84(37-15-6-5-10-23-68(92)86(3)45-46-88-40-32-63(33-41-88)91(72(96)97)66-22-14-12-20-64(66)54-17-8-7-9-18-54)62-30-24-55(25-31-62)70(94)87(4)39-16-38-85(2)69(93)51-98-67-49-56-19-11-13-21-65(56)73(67)34-42-89(43-35-73)44-36-74(58-26-28-61(77)29-27-58)52-90(53-99-74)71(95)57-47-59(75(78,79)80)50-60(48-57)76(81,82)83/h7-9,11-14,17-22,24-31,47-48,50,63,67H,5-6,10,15-16,23,32-46,49,51-53H2,1-4H3,(H,96,97)/t67-,74+/m0/s1. The van der Waals surface area contributed by atoms with Crippen LogP contribution in [0.25, 0.3) is 11.1 Å². The van der Waals surface area contributed by atoms with E-state index in [1.165, 1.54) is 29.2 Å². The zero-order valence-electron chi connectivity index (χ0n) is 56.7. The van der Waals surface area contributed by atoms with Crippen LogP contribution in [0.3, 0.4) is 0 Å². The Morgan fingerprint density at radius 2 is 1.24 bits per heavy atom. The zero-order valence-corrected chi connectivity index (χ0v) is 56.7. The Bertz CT molecular complexity index is 3700. The Balaban J connectivity index is 0.615. The average Bonchev–Trinajstić information content (AvgIpc) is 1.61. The lowest BCUT2D eigenvalue weighted by Crippen LogP contribution is -2.50. The van der Waals surface area contributed by atoms with Gasteiger partial charge in [-0.3, -0.25) is 24.1 Å². The summed E-state index contributed by atoms with van der Waals surface area (Å²) >= 11 is 0. The van der Waals surface area contributed by atoms with E-state index in [-0.39, 0.29) is 55.5 Å². The quantitative estimate of drug-likeness (QED) is 0.0388. The Morgan fingerprint density at radius 3 is 1.92 bits per heavy atom. The van der Waals surface area contributed by atoms with Crippen molar-refractivity contribution in [3.63, 3.8) is 0 Å². The van der Waals surface area contributed by atoms with Gasteiger partial charge in [-0.05, 0) is 154 Å². The van der Waals surface area contributed by atoms with E-state index in [2.05, 4.69) is 26.8 Å². The lowest BCUT2D eigenvalue weighted by Gasteiger charge is -2.44. The fourth-order valence-corrected chi connectivity index (χ4v) is 14.5. The van der Waals surface area contributed by atoms with E-state index < -0.39 is 64.6 Å². The second-order valence-electron chi connectivity index (χ2n) is 26.9. The van der Waals surface area contributed by atoms with Crippen molar-refractivity contribution in [3.05, 3.63) is 190 Å². The van der Waals surface area contributed by atoms with Gasteiger partial charge in [-0.25, -0.2) is 9.18 Å². The topological polar surface area (TPSA) is 150 Å². The molecule has 6 aromatic rings. The molecule has 2 atom stereocenters. The second-order valence-corrected chi connectivity index (χ2v) is 26.9. The molecule has 1 aliphatic carbocycles. The first-order valence-electron chi connectivity index (χ1n) is 34.2. The number of rotatable bonds is 27. The number of para-hydroxylation sites is 1. The maximum atomic E-state index is 14.3. The summed E-state index contributed by atoms with van der Waals surface area (Å²) in [6.45, 7) is 5.33. The summed E-state index contributed by atoms with van der Waals surface area (Å²) in [5.74, 6) is -1.80. The van der Waals surface area contributed by atoms with Crippen molar-refractivity contribution in [1.29, 1.82) is 0 Å². The number of nitrogens with zero attached hydrogens (tertiary/aromatic N) is 8. The van der Waals surface area contributed by atoms with E-state index in [0.717, 1.165) is 84.7 Å². The molecule has 16 nitrogen and oxygen atoms in total. The van der Waals surface area contributed by atoms with E-state index in [1.807, 2.05) is 110 Å². The van der Waals surface area contributed by atoms with Crippen molar-refractivity contribution in [3.8, 4) is 11.1 Å². The molecule has 10 rings (SSSR count). The van der Waals surface area contributed by atoms with Gasteiger partial charge in [0.2, 0.25) is 11.8 Å². The molecule has 3 saturated heterocycles. The van der Waals surface area contributed by atoms with Crippen LogP contribution in [0.5, 0.6) is 0 Å². The maximum absolute atomic E-state index is 14.3. The molecule has 6 aromatic carbocycles. The number of alkyl halides is 6. The molecule has 3 aliphatic heterocycles. The number of piperidine rings is 2. The minimum atomic E-state index is -5.15. The second kappa shape index (κ2) is 32.3. The van der Waals surface area contributed by atoms with Gasteiger partial charge in [0.05, 0.1) is 29.5 Å². The Kier molecular flexibility index (Phi) is 23.9. The lowest BCUT2D eigenvalue weighted by atomic mass is 9.72. The van der Waals surface area contributed by atoms with Crippen molar-refractivity contribution in [1.82, 2.24) is 29.4 Å². The van der Waals surface area contributed by atoms with E-state index in [0.29, 0.717) is 113 Å². The predicted molar refractivity (Wildman–Crippen MR) is 365 cm³/mol. The van der Waals surface area contributed by atoms with E-state index in [4.69, 9.17) is 9.47 Å². The van der Waals surface area contributed by atoms with Gasteiger partial charge in [0.15, 0.2) is 0 Å². The summed E-state index contributed by atoms with van der Waals surface area (Å²) in [6.07, 6.45) is -3.24. The molecule has 3 fully saturated rings. The molecule has 530 valence electrons. The van der Waals surface area contributed by atoms with E-state index in [1.54, 1.807) is 23.9 Å². The van der Waals surface area contributed by atoms with Gasteiger partial charge in [-0.1, -0.05) is 97.8 Å². The van der Waals surface area contributed by atoms with Crippen LogP contribution < -0.4 is 9.80 Å². The van der Waals surface area contributed by atoms with Crippen LogP contribution in [0.4, 0.5) is 46.9 Å². The number of amides is 5. The van der Waals surface area contributed by atoms with Gasteiger partial charge in [0.25, 0.3) is 11.8 Å². The minimum absolute atomic E-state index is 0.0282. The molecule has 1 N–H and O–H groups in total. The van der Waals surface area contributed by atoms with Gasteiger partial charge >= 0.3 is 18.4 Å². The van der Waals surface area contributed by atoms with Crippen LogP contribution in [0.15, 0.2) is 146 Å². The minimum Gasteiger partial charge on any atom is -0.465 e. The van der Waals surface area contributed by atoms with E-state index >= 15 is 0 Å². The molecular weight excluding hydrogens is 1290 g/mol. The van der Waals surface area contributed by atoms with Crippen LogP contribution in [0.1, 0.15) is 119 Å². The molecule has 99 heavy (non-hydrogen) atoms. The highest BCUT2D eigenvalue weighted by Gasteiger charge is 2.50. The smallest absolute Gasteiger partial charge is 0.416 e. The number of hydrogen-bond donors (Lipinski definition) is 1. The largest absolute Gasteiger partial charge is 0.465 e. The molecular formula is C76H89F7N8O8. The van der Waals surface area contributed by atoms with Crippen molar-refractivity contribution in [2.45, 2.75) is 113 Å². The molecule has 5 amide bonds. The van der Waals surface area contributed by atoms with Crippen molar-refractivity contribution < 1.29 is 69.3 Å². The average molecular weight is 1380 g/mol. The monoisotopic (exact) mass is 1370 g/mol. The summed E-state index contributed by atoms with van der Waals surface area (Å²) in [6, 6.07) is 39.3. The number of carboxylic acid groups (broad SMARTS) is 1. The molecule has 0 unspecified atom stereocenters. The first kappa shape index (κ1) is 73.3. The number of likely N-dealkylation sites (tertiary alicyclic amines) is 2. The van der Waals surface area contributed by atoms with Crippen molar-refractivity contribution in [2.24, 2.45) is 0 Å². The lowest BCUT2D eigenvalue weighted by molar-refractivity contribution is -0.143. The van der Waals surface area contributed by atoms with Crippen LogP contribution in [0, 0.1) is 5.82 Å². The fourth-order valence-electron chi connectivity index (χ4n) is 14.5. The molecule has 1 spiro atoms. The highest BCUT2D eigenvalue weighted by Crippen LogP contribution is 2.49. The number of hydrogen-bond acceptors (Lipinski definition) is 10. The zero-order chi connectivity index (χ0) is 70.7. The number of carbonyl (C=O) groups excluding carboxylic acids is 4. The molecule has 0 saturated carbocycles. The number of unbranched alkanes of at least 4 members (excludes halogenated alkanes) is 3. The van der Waals surface area contributed by atoms with Crippen molar-refractivity contribution >= 4 is 41.1 Å². The molecule has 0 radical (unpaired) electrons. The SMILES string of the molecule is CN(CCN1CCC(N(C(=O)O)c2ccccc2-c2ccccc2)CC1)C(=O)CCCCCCN(C)c1ccc(C(=O)N(C)CCCN(C)C(=O)CO[C@H]2Cc3ccccc3C23CCN(CC[C@]2(c4ccc(F)cc4)CN(C(=O)c4cc(C(F)(F)F)cc(C(F)(F)F)c4)CO2)CC3)cc1. The molecule has 0 aromatic heterocycles. The number of likely N-dealkylation sites (N-methyl/N-ethyl adjacent to an activating group) is 2. The third-order valence-electron chi connectivity index (χ3n) is 20.5. The summed E-state index contributed by atoms with van der Waals surface area (Å²) in [5, 5.41) is 10.4. The third kappa shape index (κ3) is 18.0. The summed E-state index contributed by atoms with van der Waals surface area (Å²) in [7, 11) is 7.35. The fraction of sp³-hybridized carbons (Fsp3) is 0.461. The van der Waals surface area contributed by atoms with Gasteiger partial charge in [-0.2, -0.15) is 26.3 Å². The number of anilines is 2. The van der Waals surface area contributed by atoms with Crippen LogP contribution >= 0.6 is 0 Å². The van der Waals surface area contributed by atoms with Gasteiger partial charge in [-0.15, -0.1) is 0 Å². The number of halogens is 7. The molecule has 4 aliphatic rings. The molecule has 23 heteroatoms. The van der Waals surface area contributed by atoms with Crippen molar-refractivity contribution in [2.75, 3.05) is 123 Å². The number of ether oxygens (including phenoxy) is 2. The summed E-state index contributed by atoms with van der Waals surface area (Å²) in [5.41, 5.74) is 1.22. The normalized spacial score (nSPS) is 18.1. The molecule has 3 heterocycles. The Hall–Kier alpha value is -8.38. The first-order valence-corrected chi connectivity index (χ1v) is 34.2. The van der Waals surface area contributed by atoms with E-state index in [9.17, 15) is 59.8 Å². The number of carbonyl (C=O) groups is 5. The predicted octanol–water partition coefficient (Wildman–Crippen LogP) is 13.3.